The first kappa shape index (κ1) is 7.92. The monoisotopic (exact) mass is 158 g/mol. The van der Waals surface area contributed by atoms with Crippen LogP contribution in [0.25, 0.3) is 0 Å². The highest BCUT2D eigenvalue weighted by atomic mass is 32.2. The van der Waals surface area contributed by atoms with Crippen molar-refractivity contribution in [1.29, 1.82) is 0 Å². The Bertz CT molecular complexity index is 143. The number of nitrogens with zero attached hydrogens (tertiary/aromatic N) is 1. The third-order valence-corrected chi connectivity index (χ3v) is 2.57. The van der Waals surface area contributed by atoms with Crippen LogP contribution in [0.1, 0.15) is 20.3 Å². The summed E-state index contributed by atoms with van der Waals surface area (Å²) in [5.74, 6) is 1.78. The average Bonchev–Trinajstić information content (AvgIpc) is 1.88. The smallest absolute Gasteiger partial charge is 0.154 e. The molecule has 1 atom stereocenters. The van der Waals surface area contributed by atoms with Crippen LogP contribution in [0.2, 0.25) is 0 Å². The molecular weight excluding hydrogens is 144 g/mol. The Morgan fingerprint density at radius 1 is 1.70 bits per heavy atom. The minimum Gasteiger partial charge on any atom is -0.379 e. The van der Waals surface area contributed by atoms with Crippen LogP contribution in [-0.4, -0.2) is 17.0 Å². The summed E-state index contributed by atoms with van der Waals surface area (Å²) in [6.45, 7) is 4.38. The second-order valence-corrected chi connectivity index (χ2v) is 4.03. The third kappa shape index (κ3) is 1.90. The van der Waals surface area contributed by atoms with E-state index in [0.29, 0.717) is 12.0 Å². The number of thioether (sulfide) groups is 1. The normalized spacial score (nSPS) is 26.7. The number of aliphatic imine (C=N–C) groups is 1. The lowest BCUT2D eigenvalue weighted by Gasteiger charge is -2.20. The molecule has 0 amide bonds. The molecule has 1 heterocycles. The molecule has 0 aromatic heterocycles. The molecule has 2 N–H and O–H groups in total. The van der Waals surface area contributed by atoms with Crippen LogP contribution in [0.3, 0.4) is 0 Å². The minimum atomic E-state index is 0.473. The second kappa shape index (κ2) is 3.28. The van der Waals surface area contributed by atoms with Crippen molar-refractivity contribution in [3.63, 3.8) is 0 Å². The highest BCUT2D eigenvalue weighted by molar-refractivity contribution is 8.13. The molecule has 3 heteroatoms. The molecule has 1 aliphatic heterocycles. The van der Waals surface area contributed by atoms with Crippen molar-refractivity contribution in [1.82, 2.24) is 0 Å². The van der Waals surface area contributed by atoms with Crippen LogP contribution < -0.4 is 5.73 Å². The van der Waals surface area contributed by atoms with E-state index in [2.05, 4.69) is 18.8 Å². The van der Waals surface area contributed by atoms with E-state index in [1.807, 2.05) is 0 Å². The average molecular weight is 158 g/mol. The number of hydrogen-bond donors (Lipinski definition) is 1. The second-order valence-electron chi connectivity index (χ2n) is 2.92. The van der Waals surface area contributed by atoms with E-state index in [1.54, 1.807) is 11.8 Å². The van der Waals surface area contributed by atoms with Crippen molar-refractivity contribution >= 4 is 16.9 Å². The molecule has 1 aliphatic rings. The summed E-state index contributed by atoms with van der Waals surface area (Å²) in [6, 6.07) is 0.473. The molecular formula is C7H14N2S. The van der Waals surface area contributed by atoms with E-state index < -0.39 is 0 Å². The molecule has 0 bridgehead atoms. The van der Waals surface area contributed by atoms with E-state index in [1.165, 1.54) is 6.42 Å². The zero-order chi connectivity index (χ0) is 7.56. The number of amidine groups is 1. The van der Waals surface area contributed by atoms with Crippen molar-refractivity contribution in [2.24, 2.45) is 16.6 Å². The van der Waals surface area contributed by atoms with Gasteiger partial charge in [0.05, 0.1) is 6.04 Å². The van der Waals surface area contributed by atoms with Gasteiger partial charge in [-0.3, -0.25) is 4.99 Å². The number of hydrogen-bond acceptors (Lipinski definition) is 3. The first-order valence-electron chi connectivity index (χ1n) is 3.66. The van der Waals surface area contributed by atoms with Gasteiger partial charge in [-0.1, -0.05) is 25.6 Å². The number of rotatable bonds is 1. The third-order valence-electron chi connectivity index (χ3n) is 1.73. The molecule has 0 radical (unpaired) electrons. The fourth-order valence-electron chi connectivity index (χ4n) is 1.03. The summed E-state index contributed by atoms with van der Waals surface area (Å²) in [6.07, 6.45) is 1.18. The van der Waals surface area contributed by atoms with E-state index in [9.17, 15) is 0 Å². The molecule has 0 unspecified atom stereocenters. The van der Waals surface area contributed by atoms with Gasteiger partial charge in [-0.2, -0.15) is 0 Å². The highest BCUT2D eigenvalue weighted by Crippen LogP contribution is 2.20. The van der Waals surface area contributed by atoms with Crippen LogP contribution in [0.15, 0.2) is 4.99 Å². The minimum absolute atomic E-state index is 0.473. The standard InChI is InChI=1S/C7H14N2S/c1-5(2)6-3-4-10-7(8)9-6/h5-6H,3-4H2,1-2H3,(H2,8,9)/t6-/m1/s1. The quantitative estimate of drug-likeness (QED) is 0.627. The topological polar surface area (TPSA) is 38.4 Å². The molecule has 2 nitrogen and oxygen atoms in total. The summed E-state index contributed by atoms with van der Waals surface area (Å²) >= 11 is 1.67. The summed E-state index contributed by atoms with van der Waals surface area (Å²) in [5.41, 5.74) is 5.58. The maximum atomic E-state index is 5.58. The largest absolute Gasteiger partial charge is 0.379 e. The molecule has 0 fully saturated rings. The molecule has 10 heavy (non-hydrogen) atoms. The summed E-state index contributed by atoms with van der Waals surface area (Å²) in [7, 11) is 0. The first-order chi connectivity index (χ1) is 4.70. The Morgan fingerprint density at radius 3 is 2.80 bits per heavy atom. The molecule has 0 saturated carbocycles. The Labute approximate surface area is 66.3 Å². The van der Waals surface area contributed by atoms with E-state index in [-0.39, 0.29) is 0 Å². The molecule has 0 aliphatic carbocycles. The molecule has 1 rings (SSSR count). The van der Waals surface area contributed by atoms with Gasteiger partial charge >= 0.3 is 0 Å². The van der Waals surface area contributed by atoms with E-state index >= 15 is 0 Å². The predicted molar refractivity (Wildman–Crippen MR) is 47.3 cm³/mol. The maximum Gasteiger partial charge on any atom is 0.154 e. The van der Waals surface area contributed by atoms with Gasteiger partial charge in [-0.15, -0.1) is 0 Å². The van der Waals surface area contributed by atoms with Gasteiger partial charge in [0, 0.05) is 5.75 Å². The molecule has 58 valence electrons. The van der Waals surface area contributed by atoms with Crippen LogP contribution in [0, 0.1) is 5.92 Å². The van der Waals surface area contributed by atoms with Gasteiger partial charge in [0.2, 0.25) is 0 Å². The lowest BCUT2D eigenvalue weighted by atomic mass is 10.0. The fourth-order valence-corrected chi connectivity index (χ4v) is 1.81. The first-order valence-corrected chi connectivity index (χ1v) is 4.65. The van der Waals surface area contributed by atoms with Crippen molar-refractivity contribution in [3.8, 4) is 0 Å². The Balaban J connectivity index is 2.53. The fraction of sp³-hybridized carbons (Fsp3) is 0.857. The molecule has 0 aromatic carbocycles. The summed E-state index contributed by atoms with van der Waals surface area (Å²) < 4.78 is 0. The van der Waals surface area contributed by atoms with Crippen molar-refractivity contribution in [2.75, 3.05) is 5.75 Å². The van der Waals surface area contributed by atoms with Gasteiger partial charge in [0.1, 0.15) is 0 Å². The summed E-state index contributed by atoms with van der Waals surface area (Å²) in [4.78, 5) is 4.34. The Hall–Kier alpha value is -0.180. The predicted octanol–water partition coefficient (Wildman–Crippen LogP) is 1.46. The van der Waals surface area contributed by atoms with Crippen LogP contribution in [0.5, 0.6) is 0 Å². The lowest BCUT2D eigenvalue weighted by molar-refractivity contribution is 0.484. The van der Waals surface area contributed by atoms with Crippen LogP contribution >= 0.6 is 11.8 Å². The van der Waals surface area contributed by atoms with Gasteiger partial charge in [0.25, 0.3) is 0 Å². The summed E-state index contributed by atoms with van der Waals surface area (Å²) in [5, 5.41) is 0.768. The highest BCUT2D eigenvalue weighted by Gasteiger charge is 2.16. The van der Waals surface area contributed by atoms with Crippen LogP contribution in [-0.2, 0) is 0 Å². The van der Waals surface area contributed by atoms with E-state index in [0.717, 1.165) is 10.9 Å². The van der Waals surface area contributed by atoms with E-state index in [4.69, 9.17) is 5.73 Å². The number of nitrogens with two attached hydrogens (primary N) is 1. The van der Waals surface area contributed by atoms with Gasteiger partial charge in [-0.05, 0) is 12.3 Å². The Kier molecular flexibility index (Phi) is 2.60. The zero-order valence-corrected chi connectivity index (χ0v) is 7.32. The van der Waals surface area contributed by atoms with Crippen molar-refractivity contribution < 1.29 is 0 Å². The van der Waals surface area contributed by atoms with Gasteiger partial charge < -0.3 is 5.73 Å². The molecule has 0 spiro atoms. The van der Waals surface area contributed by atoms with Crippen LogP contribution in [0.4, 0.5) is 0 Å². The van der Waals surface area contributed by atoms with Gasteiger partial charge in [-0.25, -0.2) is 0 Å². The molecule has 0 saturated heterocycles. The lowest BCUT2D eigenvalue weighted by Crippen LogP contribution is -2.23. The zero-order valence-electron chi connectivity index (χ0n) is 6.50. The maximum absolute atomic E-state index is 5.58. The van der Waals surface area contributed by atoms with Crippen molar-refractivity contribution in [2.45, 2.75) is 26.3 Å². The van der Waals surface area contributed by atoms with Gasteiger partial charge in [0.15, 0.2) is 5.17 Å². The molecule has 0 aromatic rings. The Morgan fingerprint density at radius 2 is 2.40 bits per heavy atom. The van der Waals surface area contributed by atoms with Crippen molar-refractivity contribution in [3.05, 3.63) is 0 Å². The SMILES string of the molecule is CC(C)[C@H]1CCSC(N)=N1.